The first-order valence-corrected chi connectivity index (χ1v) is 10.1. The smallest absolute Gasteiger partial charge is 0.206 e. The normalized spacial score (nSPS) is 17.1. The summed E-state index contributed by atoms with van der Waals surface area (Å²) in [7, 11) is 3.32. The monoisotopic (exact) mass is 418 g/mol. The Morgan fingerprint density at radius 2 is 1.84 bits per heavy atom. The van der Waals surface area contributed by atoms with E-state index in [1.165, 1.54) is 5.56 Å². The molecule has 1 aliphatic heterocycles. The molecule has 0 saturated heterocycles. The van der Waals surface area contributed by atoms with E-state index < -0.39 is 0 Å². The number of aromatic nitrogens is 3. The highest BCUT2D eigenvalue weighted by molar-refractivity contribution is 6.00. The standard InChI is InChI=1S/C23H26N6O2/c1-15-25-22(29-28-15)18-6-4-5-17(13-18)20-14-21(27-23(26-20)31-3)24-12-11-16-7-9-19(30-2)10-8-16/h4-10,13-14,23,26H,11-12H2,1-3H3,(H,24,27)(H,25,28,29). The predicted octanol–water partition coefficient (Wildman–Crippen LogP) is 2.89. The van der Waals surface area contributed by atoms with Crippen LogP contribution >= 0.6 is 0 Å². The maximum Gasteiger partial charge on any atom is 0.206 e. The van der Waals surface area contributed by atoms with E-state index in [0.717, 1.165) is 40.7 Å². The fourth-order valence-electron chi connectivity index (χ4n) is 3.30. The molecule has 0 amide bonds. The number of H-pyrrole nitrogens is 1. The zero-order valence-corrected chi connectivity index (χ0v) is 17.8. The van der Waals surface area contributed by atoms with Gasteiger partial charge in [0.1, 0.15) is 17.4 Å². The van der Waals surface area contributed by atoms with Crippen molar-refractivity contribution in [3.63, 3.8) is 0 Å². The van der Waals surface area contributed by atoms with Crippen molar-refractivity contribution in [1.82, 2.24) is 25.8 Å². The third kappa shape index (κ3) is 5.10. The summed E-state index contributed by atoms with van der Waals surface area (Å²) in [6.45, 7) is 2.54. The van der Waals surface area contributed by atoms with E-state index in [1.54, 1.807) is 14.2 Å². The first-order valence-electron chi connectivity index (χ1n) is 10.1. The third-order valence-corrected chi connectivity index (χ3v) is 4.95. The molecule has 2 aromatic carbocycles. The van der Waals surface area contributed by atoms with E-state index in [2.05, 4.69) is 44.0 Å². The summed E-state index contributed by atoms with van der Waals surface area (Å²) in [6, 6.07) is 16.1. The summed E-state index contributed by atoms with van der Waals surface area (Å²) in [5.74, 6) is 3.08. The second kappa shape index (κ2) is 9.44. The average molecular weight is 419 g/mol. The van der Waals surface area contributed by atoms with E-state index in [-0.39, 0.29) is 6.35 Å². The Balaban J connectivity index is 1.52. The first kappa shape index (κ1) is 20.6. The fourth-order valence-corrected chi connectivity index (χ4v) is 3.30. The number of nitrogens with one attached hydrogen (secondary N) is 3. The van der Waals surface area contributed by atoms with E-state index in [9.17, 15) is 0 Å². The van der Waals surface area contributed by atoms with Gasteiger partial charge in [0.15, 0.2) is 5.82 Å². The molecule has 1 atom stereocenters. The number of hydrogen-bond acceptors (Lipinski definition) is 6. The molecule has 8 heteroatoms. The highest BCUT2D eigenvalue weighted by Crippen LogP contribution is 2.22. The van der Waals surface area contributed by atoms with Crippen molar-refractivity contribution in [3.05, 3.63) is 71.6 Å². The lowest BCUT2D eigenvalue weighted by Crippen LogP contribution is -2.49. The number of ether oxygens (including phenoxy) is 2. The van der Waals surface area contributed by atoms with E-state index in [4.69, 9.17) is 14.5 Å². The van der Waals surface area contributed by atoms with E-state index >= 15 is 0 Å². The molecule has 2 heterocycles. The molecule has 3 aromatic rings. The summed E-state index contributed by atoms with van der Waals surface area (Å²) in [5.41, 5.74) is 4.07. The van der Waals surface area contributed by atoms with Gasteiger partial charge in [-0.05, 0) is 42.7 Å². The van der Waals surface area contributed by atoms with Gasteiger partial charge in [0.05, 0.1) is 7.11 Å². The number of hydrogen-bond donors (Lipinski definition) is 3. The van der Waals surface area contributed by atoms with Crippen LogP contribution < -0.4 is 15.4 Å². The van der Waals surface area contributed by atoms with Crippen LogP contribution in [0.1, 0.15) is 17.0 Å². The summed E-state index contributed by atoms with van der Waals surface area (Å²) in [6.07, 6.45) is 2.46. The minimum absolute atomic E-state index is 0.367. The number of aliphatic imine (C=N–C) groups is 1. The number of benzene rings is 2. The molecular formula is C23H26N6O2. The van der Waals surface area contributed by atoms with Gasteiger partial charge in [0, 0.05) is 31.0 Å². The Kier molecular flexibility index (Phi) is 6.28. The fraction of sp³-hybridized carbons (Fsp3) is 0.261. The van der Waals surface area contributed by atoms with Crippen LogP contribution in [0.3, 0.4) is 0 Å². The molecule has 0 aliphatic carbocycles. The molecule has 4 rings (SSSR count). The van der Waals surface area contributed by atoms with Crippen LogP contribution in [0.5, 0.6) is 5.75 Å². The lowest BCUT2D eigenvalue weighted by atomic mass is 10.1. The molecule has 1 aliphatic rings. The Morgan fingerprint density at radius 1 is 1.03 bits per heavy atom. The zero-order chi connectivity index (χ0) is 21.6. The van der Waals surface area contributed by atoms with Crippen molar-refractivity contribution in [1.29, 1.82) is 0 Å². The second-order valence-corrected chi connectivity index (χ2v) is 7.15. The largest absolute Gasteiger partial charge is 0.497 e. The molecule has 1 unspecified atom stereocenters. The average Bonchev–Trinajstić information content (AvgIpc) is 3.26. The van der Waals surface area contributed by atoms with Crippen molar-refractivity contribution in [2.45, 2.75) is 19.7 Å². The van der Waals surface area contributed by atoms with Crippen LogP contribution in [0.15, 0.2) is 59.6 Å². The van der Waals surface area contributed by atoms with Gasteiger partial charge in [-0.3, -0.25) is 10.1 Å². The molecule has 3 N–H and O–H groups in total. The zero-order valence-electron chi connectivity index (χ0n) is 17.8. The van der Waals surface area contributed by atoms with Crippen LogP contribution in [-0.4, -0.2) is 48.1 Å². The number of amidine groups is 1. The van der Waals surface area contributed by atoms with Crippen LogP contribution in [0, 0.1) is 6.92 Å². The molecular weight excluding hydrogens is 392 g/mol. The van der Waals surface area contributed by atoms with Crippen LogP contribution in [-0.2, 0) is 11.2 Å². The molecule has 0 saturated carbocycles. The minimum Gasteiger partial charge on any atom is -0.497 e. The van der Waals surface area contributed by atoms with Gasteiger partial charge in [-0.25, -0.2) is 4.98 Å². The highest BCUT2D eigenvalue weighted by Gasteiger charge is 2.18. The lowest BCUT2D eigenvalue weighted by Gasteiger charge is -2.27. The number of aromatic amines is 1. The number of nitrogens with zero attached hydrogens (tertiary/aromatic N) is 3. The third-order valence-electron chi connectivity index (χ3n) is 4.95. The van der Waals surface area contributed by atoms with Gasteiger partial charge < -0.3 is 20.1 Å². The molecule has 8 nitrogen and oxygen atoms in total. The van der Waals surface area contributed by atoms with Crippen molar-refractivity contribution in [2.24, 2.45) is 4.99 Å². The molecule has 0 bridgehead atoms. The SMILES string of the molecule is COc1ccc(CCN=C2C=C(c3cccc(-c4n[nH]c(C)n4)c3)NC(OC)N2)cc1. The number of rotatable bonds is 7. The Bertz CT molecular complexity index is 1090. The lowest BCUT2D eigenvalue weighted by molar-refractivity contribution is 0.0751. The molecule has 0 spiro atoms. The van der Waals surface area contributed by atoms with Gasteiger partial charge in [0.25, 0.3) is 0 Å². The molecule has 0 radical (unpaired) electrons. The summed E-state index contributed by atoms with van der Waals surface area (Å²) < 4.78 is 10.7. The quantitative estimate of drug-likeness (QED) is 0.546. The van der Waals surface area contributed by atoms with Gasteiger partial charge >= 0.3 is 0 Å². The molecule has 31 heavy (non-hydrogen) atoms. The molecule has 1 aromatic heterocycles. The van der Waals surface area contributed by atoms with Crippen molar-refractivity contribution >= 4 is 11.5 Å². The summed E-state index contributed by atoms with van der Waals surface area (Å²) in [5, 5.41) is 13.7. The van der Waals surface area contributed by atoms with Crippen molar-refractivity contribution < 1.29 is 9.47 Å². The number of aryl methyl sites for hydroxylation is 1. The van der Waals surface area contributed by atoms with Crippen molar-refractivity contribution in [2.75, 3.05) is 20.8 Å². The second-order valence-electron chi connectivity index (χ2n) is 7.15. The van der Waals surface area contributed by atoms with E-state index in [0.29, 0.717) is 12.4 Å². The van der Waals surface area contributed by atoms with Crippen LogP contribution in [0.2, 0.25) is 0 Å². The number of methoxy groups -OCH3 is 2. The van der Waals surface area contributed by atoms with Gasteiger partial charge in [0.2, 0.25) is 6.35 Å². The Morgan fingerprint density at radius 3 is 2.55 bits per heavy atom. The molecule has 160 valence electrons. The maximum absolute atomic E-state index is 5.49. The van der Waals surface area contributed by atoms with Gasteiger partial charge in [-0.2, -0.15) is 5.10 Å². The topological polar surface area (TPSA) is 96.5 Å². The van der Waals surface area contributed by atoms with Crippen LogP contribution in [0.25, 0.3) is 17.1 Å². The summed E-state index contributed by atoms with van der Waals surface area (Å²) >= 11 is 0. The minimum atomic E-state index is -0.367. The Labute approximate surface area is 181 Å². The highest BCUT2D eigenvalue weighted by atomic mass is 16.5. The van der Waals surface area contributed by atoms with E-state index in [1.807, 2.05) is 43.3 Å². The van der Waals surface area contributed by atoms with Gasteiger partial charge in [-0.1, -0.05) is 30.3 Å². The Hall–Kier alpha value is -3.65. The molecule has 0 fully saturated rings. The van der Waals surface area contributed by atoms with Crippen molar-refractivity contribution in [3.8, 4) is 17.1 Å². The summed E-state index contributed by atoms with van der Waals surface area (Å²) in [4.78, 5) is 9.15. The van der Waals surface area contributed by atoms with Gasteiger partial charge in [-0.15, -0.1) is 0 Å². The first-order chi connectivity index (χ1) is 15.1. The maximum atomic E-state index is 5.49. The predicted molar refractivity (Wildman–Crippen MR) is 121 cm³/mol. The van der Waals surface area contributed by atoms with Crippen LogP contribution in [0.4, 0.5) is 0 Å².